The number of aryl methyl sites for hydroxylation is 1. The third-order valence-electron chi connectivity index (χ3n) is 4.46. The predicted octanol–water partition coefficient (Wildman–Crippen LogP) is 1.65. The second-order valence-electron chi connectivity index (χ2n) is 6.30. The molecule has 0 aliphatic carbocycles. The van der Waals surface area contributed by atoms with Gasteiger partial charge in [-0.15, -0.1) is 0 Å². The van der Waals surface area contributed by atoms with E-state index in [0.717, 1.165) is 22.3 Å². The molecule has 7 nitrogen and oxygen atoms in total. The summed E-state index contributed by atoms with van der Waals surface area (Å²) >= 11 is 0. The number of aromatic nitrogens is 2. The molecule has 1 aliphatic rings. The van der Waals surface area contributed by atoms with E-state index in [1.54, 1.807) is 16.2 Å². The van der Waals surface area contributed by atoms with Crippen molar-refractivity contribution in [1.82, 2.24) is 9.13 Å². The third kappa shape index (κ3) is 3.07. The molecule has 3 aromatic rings. The maximum atomic E-state index is 12.4. The quantitative estimate of drug-likeness (QED) is 0.727. The van der Waals surface area contributed by atoms with Crippen molar-refractivity contribution in [2.45, 2.75) is 19.3 Å². The van der Waals surface area contributed by atoms with Crippen molar-refractivity contribution in [3.8, 4) is 11.5 Å². The van der Waals surface area contributed by atoms with E-state index in [2.05, 4.69) is 0 Å². The summed E-state index contributed by atoms with van der Waals surface area (Å²) < 4.78 is 19.4. The Hall–Kier alpha value is -2.77. The van der Waals surface area contributed by atoms with Gasteiger partial charge in [-0.1, -0.05) is 18.2 Å². The maximum absolute atomic E-state index is 12.4. The zero-order valence-electron chi connectivity index (χ0n) is 14.4. The highest BCUT2D eigenvalue weighted by Gasteiger charge is 2.15. The molecule has 1 aliphatic heterocycles. The van der Waals surface area contributed by atoms with Crippen molar-refractivity contribution in [3.05, 3.63) is 58.5 Å². The number of fused-ring (bicyclic) bond motifs is 2. The lowest BCUT2D eigenvalue weighted by Crippen LogP contribution is -2.29. The lowest BCUT2D eigenvalue weighted by Gasteiger charge is -2.12. The number of imidazole rings is 1. The molecular formula is C19H20N2O5. The first-order chi connectivity index (χ1) is 12.6. The summed E-state index contributed by atoms with van der Waals surface area (Å²) in [5.41, 5.74) is 2.42. The summed E-state index contributed by atoms with van der Waals surface area (Å²) in [4.78, 5) is 12.4. The van der Waals surface area contributed by atoms with Gasteiger partial charge in [-0.2, -0.15) is 0 Å². The van der Waals surface area contributed by atoms with Crippen LogP contribution in [0.15, 0.2) is 47.3 Å². The Kier molecular flexibility index (Phi) is 4.40. The molecule has 1 atom stereocenters. The van der Waals surface area contributed by atoms with Gasteiger partial charge >= 0.3 is 5.69 Å². The van der Waals surface area contributed by atoms with Crippen LogP contribution in [0.5, 0.6) is 11.5 Å². The molecular weight excluding hydrogens is 336 g/mol. The van der Waals surface area contributed by atoms with Gasteiger partial charge in [0.15, 0.2) is 11.5 Å². The van der Waals surface area contributed by atoms with Crippen molar-refractivity contribution in [1.29, 1.82) is 0 Å². The SMILES string of the molecule is Cn1c(=O)n(CC(O)COCc2ccc3c(c2)OCO3)c2ccccc21. The number of hydrogen-bond donors (Lipinski definition) is 1. The summed E-state index contributed by atoms with van der Waals surface area (Å²) in [6, 6.07) is 13.1. The third-order valence-corrected chi connectivity index (χ3v) is 4.46. The van der Waals surface area contributed by atoms with Crippen LogP contribution >= 0.6 is 0 Å². The van der Waals surface area contributed by atoms with Crippen LogP contribution in [0.2, 0.25) is 0 Å². The van der Waals surface area contributed by atoms with Crippen LogP contribution in [-0.4, -0.2) is 33.7 Å². The molecule has 1 aromatic heterocycles. The van der Waals surface area contributed by atoms with Gasteiger partial charge < -0.3 is 19.3 Å². The molecule has 2 aromatic carbocycles. The lowest BCUT2D eigenvalue weighted by atomic mass is 10.2. The van der Waals surface area contributed by atoms with Crippen molar-refractivity contribution < 1.29 is 19.3 Å². The van der Waals surface area contributed by atoms with E-state index in [1.807, 2.05) is 42.5 Å². The predicted molar refractivity (Wildman–Crippen MR) is 95.4 cm³/mol. The Morgan fingerprint density at radius 3 is 2.77 bits per heavy atom. The molecule has 0 fully saturated rings. The lowest BCUT2D eigenvalue weighted by molar-refractivity contribution is 0.0204. The highest BCUT2D eigenvalue weighted by atomic mass is 16.7. The van der Waals surface area contributed by atoms with Crippen molar-refractivity contribution in [3.63, 3.8) is 0 Å². The van der Waals surface area contributed by atoms with Gasteiger partial charge in [0.25, 0.3) is 0 Å². The standard InChI is InChI=1S/C19H20N2O5/c1-20-15-4-2-3-5-16(15)21(19(20)23)9-14(22)11-24-10-13-6-7-17-18(8-13)26-12-25-17/h2-8,14,22H,9-12H2,1H3. The Balaban J connectivity index is 1.38. The number of benzene rings is 2. The normalized spacial score (nSPS) is 14.1. The first-order valence-corrected chi connectivity index (χ1v) is 8.42. The second-order valence-corrected chi connectivity index (χ2v) is 6.30. The van der Waals surface area contributed by atoms with E-state index >= 15 is 0 Å². The maximum Gasteiger partial charge on any atom is 0.328 e. The van der Waals surface area contributed by atoms with Crippen molar-refractivity contribution in [2.75, 3.05) is 13.4 Å². The molecule has 1 unspecified atom stereocenters. The highest BCUT2D eigenvalue weighted by Crippen LogP contribution is 2.32. The fourth-order valence-corrected chi connectivity index (χ4v) is 3.15. The van der Waals surface area contributed by atoms with Crippen LogP contribution in [-0.2, 0) is 24.9 Å². The van der Waals surface area contributed by atoms with Crippen LogP contribution in [0.1, 0.15) is 5.56 Å². The van der Waals surface area contributed by atoms with E-state index in [9.17, 15) is 9.90 Å². The first-order valence-electron chi connectivity index (χ1n) is 8.42. The van der Waals surface area contributed by atoms with Gasteiger partial charge in [0.1, 0.15) is 0 Å². The molecule has 0 radical (unpaired) electrons. The minimum Gasteiger partial charge on any atom is -0.454 e. The monoisotopic (exact) mass is 356 g/mol. The summed E-state index contributed by atoms with van der Waals surface area (Å²) in [6.45, 7) is 0.891. The molecule has 7 heteroatoms. The molecule has 1 N–H and O–H groups in total. The van der Waals surface area contributed by atoms with E-state index in [1.165, 1.54) is 0 Å². The zero-order valence-corrected chi connectivity index (χ0v) is 14.4. The summed E-state index contributed by atoms with van der Waals surface area (Å²) in [7, 11) is 1.73. The Morgan fingerprint density at radius 1 is 1.15 bits per heavy atom. The Labute approximate surface area is 149 Å². The van der Waals surface area contributed by atoms with Crippen LogP contribution in [0.3, 0.4) is 0 Å². The van der Waals surface area contributed by atoms with Crippen molar-refractivity contribution in [2.24, 2.45) is 7.05 Å². The number of aliphatic hydroxyl groups excluding tert-OH is 1. The molecule has 0 bridgehead atoms. The average Bonchev–Trinajstić information content (AvgIpc) is 3.21. The largest absolute Gasteiger partial charge is 0.454 e. The fraction of sp³-hybridized carbons (Fsp3) is 0.316. The van der Waals surface area contributed by atoms with E-state index in [0.29, 0.717) is 12.4 Å². The Morgan fingerprint density at radius 2 is 1.92 bits per heavy atom. The minimum atomic E-state index is -0.785. The van der Waals surface area contributed by atoms with Crippen LogP contribution < -0.4 is 15.2 Å². The highest BCUT2D eigenvalue weighted by molar-refractivity contribution is 5.75. The summed E-state index contributed by atoms with van der Waals surface area (Å²) in [6.07, 6.45) is -0.785. The Bertz CT molecular complexity index is 991. The van der Waals surface area contributed by atoms with Crippen LogP contribution in [0, 0.1) is 0 Å². The molecule has 0 saturated carbocycles. The van der Waals surface area contributed by atoms with Gasteiger partial charge in [0.05, 0.1) is 36.9 Å². The number of para-hydroxylation sites is 2. The molecule has 4 rings (SSSR count). The number of hydrogen-bond acceptors (Lipinski definition) is 5. The number of ether oxygens (including phenoxy) is 3. The molecule has 2 heterocycles. The molecule has 26 heavy (non-hydrogen) atoms. The molecule has 0 saturated heterocycles. The molecule has 0 amide bonds. The molecule has 136 valence electrons. The first kappa shape index (κ1) is 16.7. The topological polar surface area (TPSA) is 74.9 Å². The van der Waals surface area contributed by atoms with Gasteiger partial charge in [0, 0.05) is 7.05 Å². The van der Waals surface area contributed by atoms with Gasteiger partial charge in [-0.25, -0.2) is 4.79 Å². The number of rotatable bonds is 6. The smallest absolute Gasteiger partial charge is 0.328 e. The van der Waals surface area contributed by atoms with Gasteiger partial charge in [0.2, 0.25) is 6.79 Å². The second kappa shape index (κ2) is 6.86. The fourth-order valence-electron chi connectivity index (χ4n) is 3.15. The molecule has 0 spiro atoms. The van der Waals surface area contributed by atoms with E-state index < -0.39 is 6.10 Å². The van der Waals surface area contributed by atoms with E-state index in [-0.39, 0.29) is 25.6 Å². The van der Waals surface area contributed by atoms with Crippen LogP contribution in [0.25, 0.3) is 11.0 Å². The number of nitrogens with zero attached hydrogens (tertiary/aromatic N) is 2. The summed E-state index contributed by atoms with van der Waals surface area (Å²) in [5, 5.41) is 10.3. The zero-order chi connectivity index (χ0) is 18.1. The summed E-state index contributed by atoms with van der Waals surface area (Å²) in [5.74, 6) is 1.43. The van der Waals surface area contributed by atoms with Gasteiger partial charge in [-0.05, 0) is 29.8 Å². The van der Waals surface area contributed by atoms with E-state index in [4.69, 9.17) is 14.2 Å². The average molecular weight is 356 g/mol. The minimum absolute atomic E-state index is 0.129. The van der Waals surface area contributed by atoms with Crippen molar-refractivity contribution >= 4 is 11.0 Å². The number of aliphatic hydroxyl groups is 1. The van der Waals surface area contributed by atoms with Crippen LogP contribution in [0.4, 0.5) is 0 Å². The van der Waals surface area contributed by atoms with Gasteiger partial charge in [-0.3, -0.25) is 9.13 Å².